The number of fused-ring (bicyclic) bond motifs is 1. The highest BCUT2D eigenvalue weighted by atomic mass is 35.5. The molecule has 0 saturated heterocycles. The summed E-state index contributed by atoms with van der Waals surface area (Å²) in [5, 5.41) is 4.90. The van der Waals surface area contributed by atoms with Crippen molar-refractivity contribution in [3.8, 4) is 0 Å². The number of aryl methyl sites for hydroxylation is 2. The van der Waals surface area contributed by atoms with Crippen molar-refractivity contribution in [2.45, 2.75) is 30.3 Å². The number of amides is 2. The zero-order valence-electron chi connectivity index (χ0n) is 20.1. The van der Waals surface area contributed by atoms with Gasteiger partial charge in [0, 0.05) is 10.0 Å². The summed E-state index contributed by atoms with van der Waals surface area (Å²) in [7, 11) is 3.97. The van der Waals surface area contributed by atoms with Crippen LogP contribution in [0.4, 0.5) is 0 Å². The predicted molar refractivity (Wildman–Crippen MR) is 143 cm³/mol. The highest BCUT2D eigenvalue weighted by molar-refractivity contribution is 7.99. The van der Waals surface area contributed by atoms with Gasteiger partial charge in [-0.25, -0.2) is 9.13 Å². The van der Waals surface area contributed by atoms with E-state index in [0.29, 0.717) is 32.6 Å². The maximum Gasteiger partial charge on any atom is 0.319 e. The van der Waals surface area contributed by atoms with E-state index in [4.69, 9.17) is 23.2 Å². The summed E-state index contributed by atoms with van der Waals surface area (Å²) in [6.45, 7) is 2.10. The van der Waals surface area contributed by atoms with E-state index in [1.54, 1.807) is 40.9 Å². The number of nitrogens with one attached hydrogen (secondary N) is 1. The second kappa shape index (κ2) is 9.81. The van der Waals surface area contributed by atoms with Crippen molar-refractivity contribution in [1.82, 2.24) is 14.8 Å². The van der Waals surface area contributed by atoms with Gasteiger partial charge in [0.05, 0.1) is 42.0 Å². The van der Waals surface area contributed by atoms with Crippen molar-refractivity contribution < 1.29 is 14.2 Å². The molecule has 1 aromatic heterocycles. The number of nitrogens with zero attached hydrogens (tertiary/aromatic N) is 3. The van der Waals surface area contributed by atoms with Crippen molar-refractivity contribution in [3.05, 3.63) is 93.2 Å². The Morgan fingerprint density at radius 2 is 1.58 bits per heavy atom. The number of hydrogen-bond donors (Lipinski definition) is 1. The lowest BCUT2D eigenvalue weighted by Gasteiger charge is -2.29. The molecule has 0 radical (unpaired) electrons. The van der Waals surface area contributed by atoms with Gasteiger partial charge in [-0.1, -0.05) is 60.8 Å². The first-order valence-corrected chi connectivity index (χ1v) is 13.3. The molecule has 5 rings (SSSR count). The van der Waals surface area contributed by atoms with Crippen LogP contribution in [0.15, 0.2) is 77.2 Å². The van der Waals surface area contributed by atoms with Crippen LogP contribution in [-0.4, -0.2) is 26.7 Å². The molecule has 2 aromatic carbocycles. The lowest BCUT2D eigenvalue weighted by Crippen LogP contribution is -2.37. The van der Waals surface area contributed by atoms with E-state index < -0.39 is 0 Å². The fourth-order valence-electron chi connectivity index (χ4n) is 4.61. The number of rotatable bonds is 7. The number of carbonyl (C=O) groups excluding carboxylic acids is 2. The lowest BCUT2D eigenvalue weighted by atomic mass is 10.0. The second-order valence-corrected chi connectivity index (χ2v) is 10.8. The third kappa shape index (κ3) is 4.25. The van der Waals surface area contributed by atoms with Crippen LogP contribution in [0.1, 0.15) is 30.9 Å². The highest BCUT2D eigenvalue weighted by Crippen LogP contribution is 2.46. The van der Waals surface area contributed by atoms with E-state index in [1.165, 1.54) is 0 Å². The van der Waals surface area contributed by atoms with Crippen LogP contribution in [-0.2, 0) is 23.7 Å². The number of hydrogen-bond acceptors (Lipinski definition) is 3. The fourth-order valence-corrected chi connectivity index (χ4v) is 6.22. The summed E-state index contributed by atoms with van der Waals surface area (Å²) >= 11 is 13.9. The van der Waals surface area contributed by atoms with Gasteiger partial charge in [0.15, 0.2) is 0 Å². The molecule has 0 bridgehead atoms. The standard InChI is InChI=1S/C27H24Cl2N4O2S/c1-4-5-20(36-27-31(2)14-15-32(27)3)33-24(17-8-12-19(29)13-9-17)22-21(26(33)35)23(30-25(22)34)16-6-10-18(28)11-7-16/h6-15,20H,4-5H2,1-3H3/p+1. The Bertz CT molecular complexity index is 1410. The van der Waals surface area contributed by atoms with Crippen molar-refractivity contribution in [1.29, 1.82) is 0 Å². The summed E-state index contributed by atoms with van der Waals surface area (Å²) in [4.78, 5) is 29.4. The minimum Gasteiger partial charge on any atom is -0.321 e. The van der Waals surface area contributed by atoms with Gasteiger partial charge in [0.25, 0.3) is 11.8 Å². The SMILES string of the molecule is CCCC(Sc1n(C)cc[n+]1C)N1C(=O)C2=C(c3ccc(Cl)cc3)NC(=O)C2=C1c1ccc(Cl)cc1. The summed E-state index contributed by atoms with van der Waals surface area (Å²) < 4.78 is 4.07. The molecule has 0 fully saturated rings. The van der Waals surface area contributed by atoms with Crippen LogP contribution in [0.5, 0.6) is 0 Å². The van der Waals surface area contributed by atoms with Crippen molar-refractivity contribution in [3.63, 3.8) is 0 Å². The number of aromatic nitrogens is 2. The average molecular weight is 540 g/mol. The Labute approximate surface area is 224 Å². The summed E-state index contributed by atoms with van der Waals surface area (Å²) in [5.74, 6) is -0.485. The molecule has 1 unspecified atom stereocenters. The Morgan fingerprint density at radius 1 is 0.972 bits per heavy atom. The quantitative estimate of drug-likeness (QED) is 0.333. The first-order valence-electron chi connectivity index (χ1n) is 11.6. The molecular formula is C27H25Cl2N4O2S+. The molecule has 2 aliphatic rings. The molecule has 2 aliphatic heterocycles. The van der Waals surface area contributed by atoms with E-state index in [2.05, 4.69) is 12.2 Å². The molecule has 3 aromatic rings. The van der Waals surface area contributed by atoms with Crippen LogP contribution < -0.4 is 9.88 Å². The first-order chi connectivity index (χ1) is 17.3. The van der Waals surface area contributed by atoms with Gasteiger partial charge in [0.1, 0.15) is 12.4 Å². The average Bonchev–Trinajstić information content (AvgIpc) is 3.47. The van der Waals surface area contributed by atoms with Gasteiger partial charge in [-0.05, 0) is 53.6 Å². The molecule has 36 heavy (non-hydrogen) atoms. The molecule has 6 nitrogen and oxygen atoms in total. The molecule has 0 aliphatic carbocycles. The minimum absolute atomic E-state index is 0.193. The fraction of sp³-hybridized carbons (Fsp3) is 0.222. The third-order valence-corrected chi connectivity index (χ3v) is 8.32. The summed E-state index contributed by atoms with van der Waals surface area (Å²) in [6.07, 6.45) is 5.59. The van der Waals surface area contributed by atoms with Crippen LogP contribution in [0.25, 0.3) is 11.4 Å². The molecular weight excluding hydrogens is 515 g/mol. The van der Waals surface area contributed by atoms with Crippen molar-refractivity contribution in [2.75, 3.05) is 0 Å². The minimum atomic E-state index is -0.291. The van der Waals surface area contributed by atoms with Gasteiger partial charge in [-0.3, -0.25) is 14.5 Å². The van der Waals surface area contributed by atoms with Crippen molar-refractivity contribution in [2.24, 2.45) is 14.1 Å². The number of carbonyl (C=O) groups is 2. The third-order valence-electron chi connectivity index (χ3n) is 6.31. The molecule has 3 heterocycles. The van der Waals surface area contributed by atoms with E-state index >= 15 is 0 Å². The van der Waals surface area contributed by atoms with Crippen LogP contribution in [0.2, 0.25) is 10.0 Å². The Balaban J connectivity index is 1.70. The summed E-state index contributed by atoms with van der Waals surface area (Å²) in [6, 6.07) is 14.4. The zero-order chi connectivity index (χ0) is 25.6. The number of thioether (sulfide) groups is 1. The van der Waals surface area contributed by atoms with Crippen molar-refractivity contribution >= 4 is 58.2 Å². The topological polar surface area (TPSA) is 58.2 Å². The lowest BCUT2D eigenvalue weighted by molar-refractivity contribution is -0.709. The monoisotopic (exact) mass is 539 g/mol. The molecule has 2 amide bonds. The van der Waals surface area contributed by atoms with Crippen LogP contribution in [0, 0.1) is 0 Å². The maximum atomic E-state index is 14.2. The van der Waals surface area contributed by atoms with E-state index in [-0.39, 0.29) is 17.2 Å². The van der Waals surface area contributed by atoms with Gasteiger partial charge < -0.3 is 5.32 Å². The first kappa shape index (κ1) is 24.7. The van der Waals surface area contributed by atoms with Gasteiger partial charge >= 0.3 is 5.16 Å². The van der Waals surface area contributed by atoms with Gasteiger partial charge in [-0.15, -0.1) is 0 Å². The van der Waals surface area contributed by atoms with E-state index in [1.807, 2.05) is 59.9 Å². The molecule has 0 saturated carbocycles. The van der Waals surface area contributed by atoms with Crippen LogP contribution >= 0.6 is 35.0 Å². The van der Waals surface area contributed by atoms with Gasteiger partial charge in [0.2, 0.25) is 0 Å². The number of benzene rings is 2. The molecule has 1 atom stereocenters. The van der Waals surface area contributed by atoms with Crippen LogP contribution in [0.3, 0.4) is 0 Å². The highest BCUT2D eigenvalue weighted by Gasteiger charge is 2.48. The van der Waals surface area contributed by atoms with E-state index in [9.17, 15) is 9.59 Å². The number of halogens is 2. The molecule has 1 N–H and O–H groups in total. The van der Waals surface area contributed by atoms with Gasteiger partial charge in [-0.2, -0.15) is 0 Å². The Hall–Kier alpha value is -3.00. The van der Waals surface area contributed by atoms with E-state index in [0.717, 1.165) is 29.1 Å². The molecule has 0 spiro atoms. The largest absolute Gasteiger partial charge is 0.321 e. The normalized spacial score (nSPS) is 16.2. The number of imidazole rings is 1. The summed E-state index contributed by atoms with van der Waals surface area (Å²) in [5.41, 5.74) is 3.40. The zero-order valence-corrected chi connectivity index (χ0v) is 22.4. The second-order valence-electron chi connectivity index (χ2n) is 8.78. The Morgan fingerprint density at radius 3 is 2.14 bits per heavy atom. The predicted octanol–water partition coefficient (Wildman–Crippen LogP) is 5.17. The maximum absolute atomic E-state index is 14.2. The smallest absolute Gasteiger partial charge is 0.319 e. The Kier molecular flexibility index (Phi) is 6.72. The molecule has 9 heteroatoms. The molecule has 184 valence electrons.